The van der Waals surface area contributed by atoms with Crippen LogP contribution in [0.15, 0.2) is 33.6 Å². The van der Waals surface area contributed by atoms with Gasteiger partial charge in [-0.05, 0) is 31.2 Å². The number of halogens is 1. The first-order valence-corrected chi connectivity index (χ1v) is 8.05. The van der Waals surface area contributed by atoms with Crippen LogP contribution in [0, 0.1) is 5.41 Å². The van der Waals surface area contributed by atoms with E-state index in [0.29, 0.717) is 4.47 Å². The van der Waals surface area contributed by atoms with Crippen molar-refractivity contribution in [3.8, 4) is 0 Å². The lowest BCUT2D eigenvalue weighted by atomic mass is 9.87. The van der Waals surface area contributed by atoms with E-state index in [1.54, 1.807) is 0 Å². The molecule has 3 N–H and O–H groups in total. The minimum Gasteiger partial charge on any atom is -0.481 e. The van der Waals surface area contributed by atoms with Gasteiger partial charge in [0, 0.05) is 11.0 Å². The molecule has 0 spiro atoms. The molecule has 21 heavy (non-hydrogen) atoms. The summed E-state index contributed by atoms with van der Waals surface area (Å²) in [7, 11) is -3.91. The van der Waals surface area contributed by atoms with Crippen LogP contribution < -0.4 is 4.72 Å². The van der Waals surface area contributed by atoms with Crippen LogP contribution in [0.25, 0.3) is 0 Å². The highest BCUT2D eigenvalue weighted by atomic mass is 79.9. The van der Waals surface area contributed by atoms with Gasteiger partial charge in [0.2, 0.25) is 10.0 Å². The number of hydrogen-bond donors (Lipinski definition) is 3. The van der Waals surface area contributed by atoms with Gasteiger partial charge in [0.25, 0.3) is 0 Å². The van der Waals surface area contributed by atoms with Crippen LogP contribution in [0.5, 0.6) is 0 Å². The topological polar surface area (TPSA) is 121 Å². The van der Waals surface area contributed by atoms with Gasteiger partial charge in [0.05, 0.1) is 16.7 Å². The number of sulfonamides is 1. The highest BCUT2D eigenvalue weighted by Gasteiger charge is 2.37. The Bertz CT molecular complexity index is 642. The monoisotopic (exact) mass is 379 g/mol. The molecule has 1 aromatic carbocycles. The lowest BCUT2D eigenvalue weighted by Gasteiger charge is -2.23. The molecule has 1 unspecified atom stereocenters. The normalized spacial score (nSPS) is 14.4. The zero-order chi connectivity index (χ0) is 16.3. The molecule has 0 aliphatic heterocycles. The molecule has 0 aliphatic carbocycles. The van der Waals surface area contributed by atoms with Crippen molar-refractivity contribution in [3.05, 3.63) is 28.7 Å². The summed E-state index contributed by atoms with van der Waals surface area (Å²) in [4.78, 5) is 21.8. The molecule has 0 aromatic heterocycles. The third kappa shape index (κ3) is 4.80. The van der Waals surface area contributed by atoms with Gasteiger partial charge in [-0.25, -0.2) is 13.1 Å². The van der Waals surface area contributed by atoms with E-state index in [1.165, 1.54) is 31.2 Å². The van der Waals surface area contributed by atoms with Crippen molar-refractivity contribution < 1.29 is 28.2 Å². The smallest absolute Gasteiger partial charge is 0.311 e. The molecule has 0 heterocycles. The number of hydrogen-bond acceptors (Lipinski definition) is 4. The Kier molecular flexibility index (Phi) is 5.48. The molecule has 1 rings (SSSR count). The molecule has 7 nitrogen and oxygen atoms in total. The van der Waals surface area contributed by atoms with Gasteiger partial charge in [-0.1, -0.05) is 15.9 Å². The minimum absolute atomic E-state index is 0.0336. The van der Waals surface area contributed by atoms with Crippen LogP contribution in [0.1, 0.15) is 13.3 Å². The highest BCUT2D eigenvalue weighted by molar-refractivity contribution is 9.10. The number of carboxylic acid groups (broad SMARTS) is 2. The average molecular weight is 380 g/mol. The molecule has 0 radical (unpaired) electrons. The summed E-state index contributed by atoms with van der Waals surface area (Å²) in [6.07, 6.45) is -0.689. The number of rotatable bonds is 7. The van der Waals surface area contributed by atoms with Gasteiger partial charge in [-0.15, -0.1) is 0 Å². The predicted octanol–water partition coefficient (Wildman–Crippen LogP) is 1.29. The molecular formula is C12H14BrNO6S. The van der Waals surface area contributed by atoms with E-state index in [0.717, 1.165) is 0 Å². The first-order chi connectivity index (χ1) is 9.57. The molecule has 1 atom stereocenters. The Hall–Kier alpha value is -1.45. The van der Waals surface area contributed by atoms with Crippen molar-refractivity contribution in [2.24, 2.45) is 5.41 Å². The van der Waals surface area contributed by atoms with Crippen LogP contribution >= 0.6 is 15.9 Å². The van der Waals surface area contributed by atoms with E-state index in [4.69, 9.17) is 10.2 Å². The predicted molar refractivity (Wildman–Crippen MR) is 77.3 cm³/mol. The fourth-order valence-corrected chi connectivity index (χ4v) is 2.93. The van der Waals surface area contributed by atoms with Gasteiger partial charge in [-0.2, -0.15) is 0 Å². The molecule has 116 valence electrons. The summed E-state index contributed by atoms with van der Waals surface area (Å²) in [5.74, 6) is -2.70. The quantitative estimate of drug-likeness (QED) is 0.656. The Morgan fingerprint density at radius 2 is 1.76 bits per heavy atom. The van der Waals surface area contributed by atoms with E-state index in [2.05, 4.69) is 20.7 Å². The van der Waals surface area contributed by atoms with Crippen molar-refractivity contribution in [1.82, 2.24) is 4.72 Å². The highest BCUT2D eigenvalue weighted by Crippen LogP contribution is 2.22. The summed E-state index contributed by atoms with van der Waals surface area (Å²) in [5.41, 5.74) is -1.73. The lowest BCUT2D eigenvalue weighted by Crippen LogP contribution is -2.42. The van der Waals surface area contributed by atoms with Crippen molar-refractivity contribution in [3.63, 3.8) is 0 Å². The fraction of sp³-hybridized carbons (Fsp3) is 0.333. The van der Waals surface area contributed by atoms with Gasteiger partial charge in [0.1, 0.15) is 0 Å². The van der Waals surface area contributed by atoms with Crippen LogP contribution in [0.3, 0.4) is 0 Å². The average Bonchev–Trinajstić information content (AvgIpc) is 2.36. The lowest BCUT2D eigenvalue weighted by molar-refractivity contribution is -0.154. The van der Waals surface area contributed by atoms with E-state index in [1.807, 2.05) is 0 Å². The summed E-state index contributed by atoms with van der Waals surface area (Å²) >= 11 is 3.17. The summed E-state index contributed by atoms with van der Waals surface area (Å²) in [6, 6.07) is 5.76. The largest absolute Gasteiger partial charge is 0.481 e. The van der Waals surface area contributed by atoms with Crippen LogP contribution in [-0.4, -0.2) is 37.1 Å². The van der Waals surface area contributed by atoms with Crippen molar-refractivity contribution >= 4 is 37.9 Å². The molecule has 0 bridgehead atoms. The zero-order valence-corrected chi connectivity index (χ0v) is 13.4. The number of nitrogens with one attached hydrogen (secondary N) is 1. The standard InChI is InChI=1S/C12H14BrNO6S/c1-12(11(17)18,6-10(15)16)7-14-21(19,20)9-4-2-8(13)3-5-9/h2-5,14H,6-7H2,1H3,(H,15,16)(H,17,18). The Morgan fingerprint density at radius 3 is 2.19 bits per heavy atom. The second kappa shape index (κ2) is 6.54. The minimum atomic E-state index is -3.91. The molecule has 1 aromatic rings. The maximum Gasteiger partial charge on any atom is 0.311 e. The molecule has 0 amide bonds. The molecular weight excluding hydrogens is 366 g/mol. The molecule has 0 saturated heterocycles. The maximum atomic E-state index is 12.0. The zero-order valence-electron chi connectivity index (χ0n) is 11.0. The second-order valence-electron chi connectivity index (χ2n) is 4.71. The Morgan fingerprint density at radius 1 is 1.24 bits per heavy atom. The maximum absolute atomic E-state index is 12.0. The van der Waals surface area contributed by atoms with Gasteiger partial charge in [-0.3, -0.25) is 9.59 Å². The first kappa shape index (κ1) is 17.6. The molecule has 0 aliphatic rings. The summed E-state index contributed by atoms with van der Waals surface area (Å²) in [5, 5.41) is 17.8. The van der Waals surface area contributed by atoms with Crippen LogP contribution in [0.4, 0.5) is 0 Å². The number of aliphatic carboxylic acids is 2. The van der Waals surface area contributed by atoms with Crippen molar-refractivity contribution in [2.45, 2.75) is 18.2 Å². The Balaban J connectivity index is 2.91. The molecule has 9 heteroatoms. The van der Waals surface area contributed by atoms with Crippen molar-refractivity contribution in [1.29, 1.82) is 0 Å². The summed E-state index contributed by atoms with van der Waals surface area (Å²) in [6.45, 7) is 0.653. The van der Waals surface area contributed by atoms with Crippen molar-refractivity contribution in [2.75, 3.05) is 6.54 Å². The first-order valence-electron chi connectivity index (χ1n) is 5.77. The van der Waals surface area contributed by atoms with Gasteiger partial charge >= 0.3 is 11.9 Å². The van der Waals surface area contributed by atoms with E-state index in [-0.39, 0.29) is 4.90 Å². The van der Waals surface area contributed by atoms with E-state index >= 15 is 0 Å². The number of carbonyl (C=O) groups is 2. The number of carboxylic acids is 2. The molecule has 0 saturated carbocycles. The second-order valence-corrected chi connectivity index (χ2v) is 7.40. The number of benzene rings is 1. The van der Waals surface area contributed by atoms with Gasteiger partial charge in [0.15, 0.2) is 0 Å². The molecule has 0 fully saturated rings. The third-order valence-corrected chi connectivity index (χ3v) is 4.78. The SMILES string of the molecule is CC(CNS(=O)(=O)c1ccc(Br)cc1)(CC(=O)O)C(=O)O. The third-order valence-electron chi connectivity index (χ3n) is 2.83. The fourth-order valence-electron chi connectivity index (χ4n) is 1.50. The van der Waals surface area contributed by atoms with E-state index < -0.39 is 40.3 Å². The van der Waals surface area contributed by atoms with Crippen LogP contribution in [-0.2, 0) is 19.6 Å². The van der Waals surface area contributed by atoms with Crippen LogP contribution in [0.2, 0.25) is 0 Å². The summed E-state index contributed by atoms with van der Waals surface area (Å²) < 4.78 is 26.9. The van der Waals surface area contributed by atoms with E-state index in [9.17, 15) is 18.0 Å². The Labute approximate surface area is 130 Å². The van der Waals surface area contributed by atoms with Gasteiger partial charge < -0.3 is 10.2 Å².